The van der Waals surface area contributed by atoms with Crippen molar-refractivity contribution in [2.24, 2.45) is 0 Å². The maximum atomic E-state index is 13.0. The number of aliphatic hydroxyl groups excluding tert-OH is 7. The third-order valence-corrected chi connectivity index (χ3v) is 13.1. The van der Waals surface area contributed by atoms with Gasteiger partial charge in [-0.05, 0) is 12.8 Å². The molecule has 2 rings (SSSR count). The molecule has 0 bridgehead atoms. The zero-order valence-corrected chi connectivity index (χ0v) is 41.2. The highest BCUT2D eigenvalue weighted by Crippen LogP contribution is 2.27. The van der Waals surface area contributed by atoms with Crippen molar-refractivity contribution in [3.8, 4) is 0 Å². The summed E-state index contributed by atoms with van der Waals surface area (Å²) >= 11 is 0. The minimum atomic E-state index is -1.76. The summed E-state index contributed by atoms with van der Waals surface area (Å²) in [6, 6.07) is 0. The Bertz CT molecular complexity index is 1160. The second kappa shape index (κ2) is 39.2. The van der Waals surface area contributed by atoms with E-state index in [2.05, 4.69) is 13.8 Å². The normalized spacial score (nSPS) is 26.1. The fourth-order valence-corrected chi connectivity index (χ4v) is 8.69. The zero-order valence-electron chi connectivity index (χ0n) is 41.2. The predicted molar refractivity (Wildman–Crippen MR) is 252 cm³/mol. The lowest BCUT2D eigenvalue weighted by atomic mass is 9.98. The number of unbranched alkanes of at least 4 members (excludes halogenated alkanes) is 28. The van der Waals surface area contributed by atoms with Gasteiger partial charge >= 0.3 is 11.9 Å². The Balaban J connectivity index is 1.79. The summed E-state index contributed by atoms with van der Waals surface area (Å²) in [7, 11) is 0. The van der Waals surface area contributed by atoms with E-state index in [0.29, 0.717) is 12.8 Å². The van der Waals surface area contributed by atoms with Crippen LogP contribution in [0.15, 0.2) is 0 Å². The Kier molecular flexibility index (Phi) is 36.0. The predicted octanol–water partition coefficient (Wildman–Crippen LogP) is 7.61. The quantitative estimate of drug-likeness (QED) is 0.0231. The van der Waals surface area contributed by atoms with Gasteiger partial charge in [-0.3, -0.25) is 9.59 Å². The molecule has 15 nitrogen and oxygen atoms in total. The topological polar surface area (TPSA) is 231 Å². The number of hydrogen-bond donors (Lipinski definition) is 7. The molecule has 0 aromatic heterocycles. The minimum Gasteiger partial charge on any atom is -0.462 e. The maximum absolute atomic E-state index is 13.0. The standard InChI is InChI=1S/C51H96O15/c1-3-5-7-9-11-13-15-17-18-19-20-22-24-26-28-30-32-34-43(54)64-39(36-61-42(53)33-31-29-27-25-23-21-16-14-12-10-8-6-4-2)37-62-50-49(60)47(58)45(56)41(66-50)38-63-51-48(59)46(57)44(55)40(35-52)65-51/h39-41,44-52,55-60H,3-38H2,1-2H3/t39-,40+,41+,44-,45-,46?,47?,48?,49?,50+,51+/m1/s1. The van der Waals surface area contributed by atoms with E-state index in [1.807, 2.05) is 0 Å². The van der Waals surface area contributed by atoms with Crippen molar-refractivity contribution in [3.63, 3.8) is 0 Å². The molecule has 0 amide bonds. The van der Waals surface area contributed by atoms with Gasteiger partial charge in [0.1, 0.15) is 55.4 Å². The third kappa shape index (κ3) is 27.0. The summed E-state index contributed by atoms with van der Waals surface area (Å²) in [5.41, 5.74) is 0. The molecule has 0 radical (unpaired) electrons. The van der Waals surface area contributed by atoms with Crippen LogP contribution in [0.5, 0.6) is 0 Å². The van der Waals surface area contributed by atoms with Crippen molar-refractivity contribution in [3.05, 3.63) is 0 Å². The number of carbonyl (C=O) groups excluding carboxylic acids is 2. The lowest BCUT2D eigenvalue weighted by molar-refractivity contribution is -0.332. The van der Waals surface area contributed by atoms with Crippen molar-refractivity contribution in [1.29, 1.82) is 0 Å². The SMILES string of the molecule is CCCCCCCCCCCCCCCCCCCC(=O)O[C@H](COC(=O)CCCCCCCCCCCCCCC)CO[C@H]1O[C@@H](CO[C@H]2O[C@@H](CO)[C@@H](O)C(O)C2O)[C@@H](O)C(O)C1O. The summed E-state index contributed by atoms with van der Waals surface area (Å²) in [6.07, 6.45) is 19.8. The highest BCUT2D eigenvalue weighted by atomic mass is 16.7. The minimum absolute atomic E-state index is 0.173. The van der Waals surface area contributed by atoms with E-state index in [1.54, 1.807) is 0 Å². The molecule has 11 atom stereocenters. The van der Waals surface area contributed by atoms with E-state index >= 15 is 0 Å². The molecule has 2 aliphatic heterocycles. The first-order valence-corrected chi connectivity index (χ1v) is 26.6. The summed E-state index contributed by atoms with van der Waals surface area (Å²) in [5, 5.41) is 72.1. The van der Waals surface area contributed by atoms with Crippen LogP contribution in [0.25, 0.3) is 0 Å². The van der Waals surface area contributed by atoms with E-state index < -0.39 is 92.7 Å². The molecule has 0 spiro atoms. The fourth-order valence-electron chi connectivity index (χ4n) is 8.69. The highest BCUT2D eigenvalue weighted by Gasteiger charge is 2.47. The first kappa shape index (κ1) is 60.6. The largest absolute Gasteiger partial charge is 0.462 e. The Morgan fingerprint density at radius 1 is 0.424 bits per heavy atom. The number of hydrogen-bond acceptors (Lipinski definition) is 15. The van der Waals surface area contributed by atoms with Crippen LogP contribution in [0.4, 0.5) is 0 Å². The second-order valence-electron chi connectivity index (χ2n) is 19.1. The van der Waals surface area contributed by atoms with Gasteiger partial charge in [0.25, 0.3) is 0 Å². The first-order chi connectivity index (χ1) is 32.0. The smallest absolute Gasteiger partial charge is 0.306 e. The van der Waals surface area contributed by atoms with Crippen molar-refractivity contribution >= 4 is 11.9 Å². The molecule has 2 aliphatic rings. The first-order valence-electron chi connectivity index (χ1n) is 26.6. The average molecular weight is 949 g/mol. The zero-order chi connectivity index (χ0) is 48.2. The van der Waals surface area contributed by atoms with Crippen LogP contribution in [0.3, 0.4) is 0 Å². The fraction of sp³-hybridized carbons (Fsp3) is 0.961. The molecule has 0 aromatic carbocycles. The molecule has 0 saturated carbocycles. The Morgan fingerprint density at radius 3 is 1.18 bits per heavy atom. The van der Waals surface area contributed by atoms with Crippen LogP contribution < -0.4 is 0 Å². The van der Waals surface area contributed by atoms with Gasteiger partial charge < -0.3 is 64.2 Å². The Morgan fingerprint density at radius 2 is 0.773 bits per heavy atom. The highest BCUT2D eigenvalue weighted by molar-refractivity contribution is 5.70. The molecule has 2 heterocycles. The summed E-state index contributed by atoms with van der Waals surface area (Å²) < 4.78 is 33.6. The Labute approximate surface area is 398 Å². The van der Waals surface area contributed by atoms with Crippen LogP contribution in [-0.4, -0.2) is 142 Å². The van der Waals surface area contributed by atoms with Crippen molar-refractivity contribution < 1.29 is 73.8 Å². The van der Waals surface area contributed by atoms with E-state index in [4.69, 9.17) is 28.4 Å². The lowest BCUT2D eigenvalue weighted by Crippen LogP contribution is -2.61. The van der Waals surface area contributed by atoms with Gasteiger partial charge in [0.05, 0.1) is 19.8 Å². The van der Waals surface area contributed by atoms with Gasteiger partial charge in [-0.1, -0.05) is 194 Å². The van der Waals surface area contributed by atoms with Gasteiger partial charge in [0.15, 0.2) is 18.7 Å². The van der Waals surface area contributed by atoms with Crippen LogP contribution in [0, 0.1) is 0 Å². The van der Waals surface area contributed by atoms with Gasteiger partial charge in [-0.2, -0.15) is 0 Å². The lowest BCUT2D eigenvalue weighted by Gasteiger charge is -2.42. The van der Waals surface area contributed by atoms with Gasteiger partial charge in [0.2, 0.25) is 0 Å². The summed E-state index contributed by atoms with van der Waals surface area (Å²) in [4.78, 5) is 25.8. The third-order valence-electron chi connectivity index (χ3n) is 13.1. The molecule has 0 aliphatic carbocycles. The van der Waals surface area contributed by atoms with Gasteiger partial charge in [-0.25, -0.2) is 0 Å². The number of rotatable bonds is 42. The number of aliphatic hydroxyl groups is 7. The number of esters is 2. The number of ether oxygens (including phenoxy) is 6. The average Bonchev–Trinajstić information content (AvgIpc) is 3.31. The van der Waals surface area contributed by atoms with E-state index in [0.717, 1.165) is 38.5 Å². The molecule has 15 heteroatoms. The van der Waals surface area contributed by atoms with Gasteiger partial charge in [0, 0.05) is 12.8 Å². The van der Waals surface area contributed by atoms with Crippen molar-refractivity contribution in [1.82, 2.24) is 0 Å². The number of carbonyl (C=O) groups is 2. The molecule has 2 fully saturated rings. The second-order valence-corrected chi connectivity index (χ2v) is 19.1. The van der Waals surface area contributed by atoms with Gasteiger partial charge in [-0.15, -0.1) is 0 Å². The van der Waals surface area contributed by atoms with Crippen LogP contribution in [0.1, 0.15) is 219 Å². The van der Waals surface area contributed by atoms with Crippen molar-refractivity contribution in [2.75, 3.05) is 26.4 Å². The molecular weight excluding hydrogens is 853 g/mol. The molecule has 66 heavy (non-hydrogen) atoms. The monoisotopic (exact) mass is 949 g/mol. The molecule has 7 N–H and O–H groups in total. The molecule has 0 aromatic rings. The summed E-state index contributed by atoms with van der Waals surface area (Å²) in [5.74, 6) is -0.909. The molecule has 4 unspecified atom stereocenters. The molecule has 390 valence electrons. The van der Waals surface area contributed by atoms with Crippen molar-refractivity contribution in [2.45, 2.75) is 287 Å². The van der Waals surface area contributed by atoms with Crippen LogP contribution in [0.2, 0.25) is 0 Å². The molecule has 2 saturated heterocycles. The van der Waals surface area contributed by atoms with Crippen LogP contribution >= 0.6 is 0 Å². The van der Waals surface area contributed by atoms with E-state index in [-0.39, 0.29) is 26.1 Å². The Hall–Kier alpha value is -1.50. The molecular formula is C51H96O15. The van der Waals surface area contributed by atoms with Crippen LogP contribution in [-0.2, 0) is 38.0 Å². The van der Waals surface area contributed by atoms with E-state index in [9.17, 15) is 45.3 Å². The maximum Gasteiger partial charge on any atom is 0.306 e. The van der Waals surface area contributed by atoms with E-state index in [1.165, 1.54) is 141 Å². The summed E-state index contributed by atoms with van der Waals surface area (Å²) in [6.45, 7) is 2.63.